The molecule has 0 aromatic heterocycles. The van der Waals surface area contributed by atoms with Gasteiger partial charge in [0.25, 0.3) is 0 Å². The fourth-order valence-corrected chi connectivity index (χ4v) is 2.86. The minimum atomic E-state index is -0.211. The van der Waals surface area contributed by atoms with Gasteiger partial charge in [-0.1, -0.05) is 13.8 Å². The first-order valence-corrected chi connectivity index (χ1v) is 6.96. The summed E-state index contributed by atoms with van der Waals surface area (Å²) in [5.74, 6) is 0.245. The van der Waals surface area contributed by atoms with E-state index in [0.29, 0.717) is 25.6 Å². The van der Waals surface area contributed by atoms with Crippen molar-refractivity contribution < 1.29 is 14.3 Å². The largest absolute Gasteiger partial charge is 0.466 e. The molecule has 1 unspecified atom stereocenters. The van der Waals surface area contributed by atoms with Crippen molar-refractivity contribution in [2.45, 2.75) is 45.6 Å². The summed E-state index contributed by atoms with van der Waals surface area (Å²) < 4.78 is 10.5. The summed E-state index contributed by atoms with van der Waals surface area (Å²) in [7, 11) is 1.71. The lowest BCUT2D eigenvalue weighted by Crippen LogP contribution is -2.56. The van der Waals surface area contributed by atoms with Crippen molar-refractivity contribution in [2.75, 3.05) is 33.4 Å². The van der Waals surface area contributed by atoms with Crippen LogP contribution in [0.3, 0.4) is 0 Å². The maximum Gasteiger partial charge on any atom is 0.307 e. The Labute approximate surface area is 111 Å². The van der Waals surface area contributed by atoms with Crippen LogP contribution >= 0.6 is 0 Å². The molecule has 0 amide bonds. The van der Waals surface area contributed by atoms with Gasteiger partial charge in [0.05, 0.1) is 25.2 Å². The van der Waals surface area contributed by atoms with Gasteiger partial charge in [0.2, 0.25) is 0 Å². The predicted octanol–water partition coefficient (Wildman–Crippen LogP) is 2.08. The Kier molecular flexibility index (Phi) is 6.09. The molecule has 1 fully saturated rings. The smallest absolute Gasteiger partial charge is 0.307 e. The Hall–Kier alpha value is -0.610. The third-order valence-electron chi connectivity index (χ3n) is 3.96. The lowest BCUT2D eigenvalue weighted by atomic mass is 9.82. The van der Waals surface area contributed by atoms with Crippen LogP contribution in [0.25, 0.3) is 0 Å². The number of hydrogen-bond donors (Lipinski definition) is 0. The van der Waals surface area contributed by atoms with E-state index in [0.717, 1.165) is 13.1 Å². The molecular weight excluding hydrogens is 230 g/mol. The summed E-state index contributed by atoms with van der Waals surface area (Å²) in [5.41, 5.74) is -0.211. The highest BCUT2D eigenvalue weighted by atomic mass is 16.5. The van der Waals surface area contributed by atoms with Crippen LogP contribution in [0, 0.1) is 5.92 Å². The quantitative estimate of drug-likeness (QED) is 0.655. The van der Waals surface area contributed by atoms with Crippen molar-refractivity contribution in [3.05, 3.63) is 0 Å². The molecule has 1 aliphatic rings. The second-order valence-electron chi connectivity index (χ2n) is 5.37. The summed E-state index contributed by atoms with van der Waals surface area (Å²) in [6.07, 6.45) is 2.84. The van der Waals surface area contributed by atoms with Crippen molar-refractivity contribution in [3.63, 3.8) is 0 Å². The summed E-state index contributed by atoms with van der Waals surface area (Å²) in [4.78, 5) is 14.3. The Morgan fingerprint density at radius 2 is 1.94 bits per heavy atom. The molecule has 18 heavy (non-hydrogen) atoms. The number of hydrogen-bond acceptors (Lipinski definition) is 4. The Morgan fingerprint density at radius 3 is 2.39 bits per heavy atom. The first-order valence-electron chi connectivity index (χ1n) is 6.96. The van der Waals surface area contributed by atoms with E-state index in [2.05, 4.69) is 18.7 Å². The van der Waals surface area contributed by atoms with Gasteiger partial charge in [-0.3, -0.25) is 9.69 Å². The van der Waals surface area contributed by atoms with Crippen molar-refractivity contribution in [3.8, 4) is 0 Å². The Balaban J connectivity index is 2.85. The van der Waals surface area contributed by atoms with Crippen LogP contribution in [0.15, 0.2) is 0 Å². The average Bonchev–Trinajstić information content (AvgIpc) is 2.82. The molecule has 1 rings (SSSR count). The zero-order valence-electron chi connectivity index (χ0n) is 12.2. The fourth-order valence-electron chi connectivity index (χ4n) is 2.86. The van der Waals surface area contributed by atoms with Gasteiger partial charge in [0, 0.05) is 7.11 Å². The summed E-state index contributed by atoms with van der Waals surface area (Å²) in [5, 5.41) is 0. The maximum absolute atomic E-state index is 11.9. The molecule has 0 aliphatic carbocycles. The average molecular weight is 257 g/mol. The third-order valence-corrected chi connectivity index (χ3v) is 3.96. The minimum absolute atomic E-state index is 0.116. The van der Waals surface area contributed by atoms with Gasteiger partial charge in [-0.15, -0.1) is 0 Å². The first kappa shape index (κ1) is 15.4. The molecule has 1 aliphatic heterocycles. The second kappa shape index (κ2) is 7.10. The van der Waals surface area contributed by atoms with Crippen LogP contribution in [0.2, 0.25) is 0 Å². The molecular formula is C14H27NO3. The predicted molar refractivity (Wildman–Crippen MR) is 71.5 cm³/mol. The van der Waals surface area contributed by atoms with Gasteiger partial charge < -0.3 is 9.47 Å². The van der Waals surface area contributed by atoms with Crippen molar-refractivity contribution >= 4 is 5.97 Å². The molecule has 0 N–H and O–H groups in total. The number of nitrogens with zero attached hydrogens (tertiary/aromatic N) is 1. The number of carbonyl (C=O) groups is 1. The van der Waals surface area contributed by atoms with Gasteiger partial charge >= 0.3 is 5.97 Å². The van der Waals surface area contributed by atoms with Gasteiger partial charge in [-0.25, -0.2) is 0 Å². The molecule has 4 heteroatoms. The summed E-state index contributed by atoms with van der Waals surface area (Å²) >= 11 is 0. The number of methoxy groups -OCH3 is 1. The zero-order valence-corrected chi connectivity index (χ0v) is 12.2. The molecule has 4 nitrogen and oxygen atoms in total. The van der Waals surface area contributed by atoms with Gasteiger partial charge in [-0.2, -0.15) is 0 Å². The monoisotopic (exact) mass is 257 g/mol. The highest BCUT2D eigenvalue weighted by Crippen LogP contribution is 2.33. The minimum Gasteiger partial charge on any atom is -0.466 e. The van der Waals surface area contributed by atoms with E-state index in [4.69, 9.17) is 9.47 Å². The first-order chi connectivity index (χ1) is 8.56. The molecule has 0 aromatic rings. The van der Waals surface area contributed by atoms with E-state index in [-0.39, 0.29) is 11.5 Å². The molecule has 1 heterocycles. The zero-order chi connectivity index (χ0) is 13.6. The van der Waals surface area contributed by atoms with Gasteiger partial charge in [0.1, 0.15) is 0 Å². The third kappa shape index (κ3) is 3.45. The lowest BCUT2D eigenvalue weighted by molar-refractivity contribution is -0.149. The molecule has 0 spiro atoms. The lowest BCUT2D eigenvalue weighted by Gasteiger charge is -2.44. The van der Waals surface area contributed by atoms with Crippen LogP contribution in [-0.4, -0.2) is 49.8 Å². The van der Waals surface area contributed by atoms with E-state index < -0.39 is 0 Å². The van der Waals surface area contributed by atoms with Crippen LogP contribution < -0.4 is 0 Å². The van der Waals surface area contributed by atoms with E-state index in [1.165, 1.54) is 12.8 Å². The SMILES string of the molecule is CCOC(=O)CC(COC)(C(C)C)N1CCCC1. The Morgan fingerprint density at radius 1 is 1.33 bits per heavy atom. The second-order valence-corrected chi connectivity index (χ2v) is 5.37. The number of carbonyl (C=O) groups excluding carboxylic acids is 1. The number of ether oxygens (including phenoxy) is 2. The molecule has 0 aromatic carbocycles. The standard InChI is InChI=1S/C14H27NO3/c1-5-18-13(16)10-14(11-17-4,12(2)3)15-8-6-7-9-15/h12H,5-11H2,1-4H3. The van der Waals surface area contributed by atoms with Crippen molar-refractivity contribution in [1.29, 1.82) is 0 Å². The summed E-state index contributed by atoms with van der Waals surface area (Å²) in [6.45, 7) is 9.32. The van der Waals surface area contributed by atoms with E-state index >= 15 is 0 Å². The highest BCUT2D eigenvalue weighted by Gasteiger charge is 2.43. The molecule has 106 valence electrons. The van der Waals surface area contributed by atoms with E-state index in [1.54, 1.807) is 7.11 Å². The number of likely N-dealkylation sites (tertiary alicyclic amines) is 1. The summed E-state index contributed by atoms with van der Waals surface area (Å²) in [6, 6.07) is 0. The van der Waals surface area contributed by atoms with Gasteiger partial charge in [-0.05, 0) is 38.8 Å². The number of rotatable bonds is 7. The van der Waals surface area contributed by atoms with Crippen LogP contribution in [-0.2, 0) is 14.3 Å². The maximum atomic E-state index is 11.9. The molecule has 1 saturated heterocycles. The van der Waals surface area contributed by atoms with Crippen molar-refractivity contribution in [1.82, 2.24) is 4.90 Å². The highest BCUT2D eigenvalue weighted by molar-refractivity contribution is 5.71. The number of esters is 1. The van der Waals surface area contributed by atoms with Crippen molar-refractivity contribution in [2.24, 2.45) is 5.92 Å². The van der Waals surface area contributed by atoms with Crippen LogP contribution in [0.4, 0.5) is 0 Å². The van der Waals surface area contributed by atoms with Crippen LogP contribution in [0.5, 0.6) is 0 Å². The molecule has 0 saturated carbocycles. The Bertz CT molecular complexity index is 262. The van der Waals surface area contributed by atoms with Gasteiger partial charge in [0.15, 0.2) is 0 Å². The van der Waals surface area contributed by atoms with E-state index in [1.807, 2.05) is 6.92 Å². The normalized spacial score (nSPS) is 20.1. The molecule has 0 bridgehead atoms. The molecule has 1 atom stereocenters. The fraction of sp³-hybridized carbons (Fsp3) is 0.929. The topological polar surface area (TPSA) is 38.8 Å². The van der Waals surface area contributed by atoms with Crippen LogP contribution in [0.1, 0.15) is 40.0 Å². The van der Waals surface area contributed by atoms with E-state index in [9.17, 15) is 4.79 Å². The molecule has 0 radical (unpaired) electrons.